The highest BCUT2D eigenvalue weighted by Gasteiger charge is 2.53. The minimum absolute atomic E-state index is 0.0263. The van der Waals surface area contributed by atoms with Gasteiger partial charge < -0.3 is 15.2 Å². The highest BCUT2D eigenvalue weighted by molar-refractivity contribution is 8.00. The second-order valence-electron chi connectivity index (χ2n) is 7.18. The third kappa shape index (κ3) is 5.33. The lowest BCUT2D eigenvalue weighted by atomic mass is 9.96. The average Bonchev–Trinajstić information content (AvgIpc) is 2.75. The van der Waals surface area contributed by atoms with Crippen molar-refractivity contribution in [3.8, 4) is 0 Å². The number of alkyl halides is 1. The van der Waals surface area contributed by atoms with Crippen LogP contribution in [-0.2, 0) is 30.3 Å². The maximum atomic E-state index is 12.5. The number of carboxylic acids is 1. The normalized spacial score (nSPS) is 22.8. The third-order valence-electron chi connectivity index (χ3n) is 5.12. The maximum Gasteiger partial charge on any atom is 0.342 e. The van der Waals surface area contributed by atoms with Crippen LogP contribution in [0, 0.1) is 5.92 Å². The predicted molar refractivity (Wildman–Crippen MR) is 111 cm³/mol. The molecule has 30 heavy (non-hydrogen) atoms. The molecule has 2 aliphatic heterocycles. The van der Waals surface area contributed by atoms with E-state index < -0.39 is 28.8 Å². The molecule has 1 unspecified atom stereocenters. The lowest BCUT2D eigenvalue weighted by Gasteiger charge is -2.47. The van der Waals surface area contributed by atoms with E-state index in [1.807, 2.05) is 18.2 Å². The van der Waals surface area contributed by atoms with Crippen LogP contribution in [0.5, 0.6) is 0 Å². The number of β-lactam (4-membered cyclic amide) rings is 1. The molecule has 3 atom stereocenters. The first-order valence-electron chi connectivity index (χ1n) is 9.63. The van der Waals surface area contributed by atoms with Gasteiger partial charge in [-0.2, -0.15) is 0 Å². The number of nitrogens with zero attached hydrogens (tertiary/aromatic N) is 1. The van der Waals surface area contributed by atoms with E-state index in [1.54, 1.807) is 12.1 Å². The standard InChI is InChI=1S/C20H23ClN2O6S/c21-17(20(27)28)23-18(26)16(22-15(25)10-12-4-2-1-3-5-12)19(23)30-11-14(24)13-6-8-29-9-7-13/h1-5,13,16-17,19H,6-11H2,(H,22,25)(H,27,28)/t16-,17?,19-/m1/s1. The van der Waals surface area contributed by atoms with Crippen LogP contribution in [0.2, 0.25) is 0 Å². The van der Waals surface area contributed by atoms with Crippen LogP contribution >= 0.6 is 23.4 Å². The van der Waals surface area contributed by atoms with Gasteiger partial charge in [0.15, 0.2) is 0 Å². The van der Waals surface area contributed by atoms with E-state index in [0.717, 1.165) is 22.2 Å². The van der Waals surface area contributed by atoms with Crippen LogP contribution in [0.3, 0.4) is 0 Å². The zero-order valence-electron chi connectivity index (χ0n) is 16.2. The fraction of sp³-hybridized carbons (Fsp3) is 0.500. The number of benzene rings is 1. The number of thioether (sulfide) groups is 1. The van der Waals surface area contributed by atoms with Crippen molar-refractivity contribution in [2.24, 2.45) is 5.92 Å². The van der Waals surface area contributed by atoms with Crippen molar-refractivity contribution in [1.29, 1.82) is 0 Å². The maximum absolute atomic E-state index is 12.5. The SMILES string of the molecule is O=C(Cc1ccccc1)N[C@@H]1C(=O)N(C(Cl)C(=O)O)[C@@H]1SCC(=O)C1CCOCC1. The van der Waals surface area contributed by atoms with Crippen LogP contribution in [0.1, 0.15) is 18.4 Å². The minimum Gasteiger partial charge on any atom is -0.479 e. The molecule has 0 saturated carbocycles. The molecule has 162 valence electrons. The molecule has 0 spiro atoms. The monoisotopic (exact) mass is 454 g/mol. The number of aliphatic carboxylic acids is 1. The van der Waals surface area contributed by atoms with Gasteiger partial charge in [-0.25, -0.2) is 4.79 Å². The number of nitrogens with one attached hydrogen (secondary N) is 1. The van der Waals surface area contributed by atoms with Crippen molar-refractivity contribution in [2.45, 2.75) is 36.2 Å². The van der Waals surface area contributed by atoms with Gasteiger partial charge >= 0.3 is 5.97 Å². The molecule has 0 bridgehead atoms. The molecule has 8 nitrogen and oxygen atoms in total. The summed E-state index contributed by atoms with van der Waals surface area (Å²) in [5, 5.41) is 11.1. The van der Waals surface area contributed by atoms with Crippen molar-refractivity contribution in [3.63, 3.8) is 0 Å². The van der Waals surface area contributed by atoms with E-state index >= 15 is 0 Å². The number of hydrogen-bond donors (Lipinski definition) is 2. The summed E-state index contributed by atoms with van der Waals surface area (Å²) in [5.41, 5.74) is -0.770. The number of ketones is 1. The number of hydrogen-bond acceptors (Lipinski definition) is 6. The smallest absolute Gasteiger partial charge is 0.342 e. The summed E-state index contributed by atoms with van der Waals surface area (Å²) >= 11 is 7.01. The number of rotatable bonds is 9. The van der Waals surface area contributed by atoms with Crippen molar-refractivity contribution < 1.29 is 29.0 Å². The molecule has 0 aliphatic carbocycles. The van der Waals surface area contributed by atoms with E-state index in [0.29, 0.717) is 26.1 Å². The molecular weight excluding hydrogens is 432 g/mol. The predicted octanol–water partition coefficient (Wildman–Crippen LogP) is 1.26. The van der Waals surface area contributed by atoms with Gasteiger partial charge in [0.1, 0.15) is 17.2 Å². The molecule has 10 heteroatoms. The van der Waals surface area contributed by atoms with Gasteiger partial charge in [0, 0.05) is 19.1 Å². The Morgan fingerprint density at radius 2 is 1.90 bits per heavy atom. The fourth-order valence-electron chi connectivity index (χ4n) is 3.47. The number of carbonyl (C=O) groups excluding carboxylic acids is 3. The molecule has 0 aromatic heterocycles. The molecule has 3 rings (SSSR count). The van der Waals surface area contributed by atoms with Gasteiger partial charge in [-0.05, 0) is 18.4 Å². The van der Waals surface area contributed by atoms with E-state index in [9.17, 15) is 24.3 Å². The molecule has 1 aromatic carbocycles. The van der Waals surface area contributed by atoms with Crippen molar-refractivity contribution in [1.82, 2.24) is 10.2 Å². The highest BCUT2D eigenvalue weighted by Crippen LogP contribution is 2.34. The van der Waals surface area contributed by atoms with Gasteiger partial charge in [0.05, 0.1) is 12.2 Å². The number of ether oxygens (including phenoxy) is 1. The largest absolute Gasteiger partial charge is 0.479 e. The summed E-state index contributed by atoms with van der Waals surface area (Å²) in [4.78, 5) is 49.6. The number of carbonyl (C=O) groups is 4. The molecule has 2 aliphatic rings. The molecule has 1 aromatic rings. The van der Waals surface area contributed by atoms with Gasteiger partial charge in [0.2, 0.25) is 11.4 Å². The van der Waals surface area contributed by atoms with Crippen LogP contribution in [0.4, 0.5) is 0 Å². The van der Waals surface area contributed by atoms with E-state index in [4.69, 9.17) is 16.3 Å². The Morgan fingerprint density at radius 1 is 1.23 bits per heavy atom. The number of halogens is 1. The van der Waals surface area contributed by atoms with Crippen molar-refractivity contribution in [2.75, 3.05) is 19.0 Å². The Bertz CT molecular complexity index is 802. The molecule has 2 heterocycles. The highest BCUT2D eigenvalue weighted by atomic mass is 35.5. The van der Waals surface area contributed by atoms with Gasteiger partial charge in [-0.3, -0.25) is 19.3 Å². The zero-order chi connectivity index (χ0) is 21.7. The minimum atomic E-state index is -1.56. The Balaban J connectivity index is 1.62. The lowest BCUT2D eigenvalue weighted by molar-refractivity contribution is -0.157. The topological polar surface area (TPSA) is 113 Å². The van der Waals surface area contributed by atoms with Crippen LogP contribution < -0.4 is 5.32 Å². The second kappa shape index (κ2) is 10.3. The molecule has 2 fully saturated rings. The molecule has 2 saturated heterocycles. The van der Waals surface area contributed by atoms with Crippen LogP contribution in [0.25, 0.3) is 0 Å². The van der Waals surface area contributed by atoms with E-state index in [1.165, 1.54) is 0 Å². The molecular formula is C20H23ClN2O6S. The van der Waals surface area contributed by atoms with Crippen molar-refractivity contribution >= 4 is 46.9 Å². The number of amides is 2. The molecule has 2 N–H and O–H groups in total. The Morgan fingerprint density at radius 3 is 2.53 bits per heavy atom. The summed E-state index contributed by atoms with van der Waals surface area (Å²) in [5.74, 6) is -2.27. The summed E-state index contributed by atoms with van der Waals surface area (Å²) < 4.78 is 5.26. The fourth-order valence-corrected chi connectivity index (χ4v) is 5.08. The lowest BCUT2D eigenvalue weighted by Crippen LogP contribution is -2.72. The van der Waals surface area contributed by atoms with Crippen LogP contribution in [0.15, 0.2) is 30.3 Å². The summed E-state index contributed by atoms with van der Waals surface area (Å²) in [7, 11) is 0. The average molecular weight is 455 g/mol. The van der Waals surface area contributed by atoms with E-state index in [-0.39, 0.29) is 29.8 Å². The molecule has 0 radical (unpaired) electrons. The van der Waals surface area contributed by atoms with Gasteiger partial charge in [-0.1, -0.05) is 41.9 Å². The van der Waals surface area contributed by atoms with Crippen molar-refractivity contribution in [3.05, 3.63) is 35.9 Å². The summed E-state index contributed by atoms with van der Waals surface area (Å²) in [6, 6.07) is 8.13. The quantitative estimate of drug-likeness (QED) is 0.328. The zero-order valence-corrected chi connectivity index (χ0v) is 17.7. The number of carboxylic acid groups (broad SMARTS) is 1. The van der Waals surface area contributed by atoms with E-state index in [2.05, 4.69) is 5.32 Å². The third-order valence-corrected chi connectivity index (χ3v) is 6.81. The van der Waals surface area contributed by atoms with Gasteiger partial charge in [0.25, 0.3) is 5.91 Å². The summed E-state index contributed by atoms with van der Waals surface area (Å²) in [6.07, 6.45) is 1.39. The Kier molecular flexibility index (Phi) is 7.74. The van der Waals surface area contributed by atoms with Gasteiger partial charge in [-0.15, -0.1) is 11.8 Å². The number of likely N-dealkylation sites (tertiary alicyclic amines) is 1. The first kappa shape index (κ1) is 22.6. The Labute approximate surface area is 183 Å². The van der Waals surface area contributed by atoms with Crippen LogP contribution in [-0.4, -0.2) is 69.5 Å². The first-order chi connectivity index (χ1) is 14.4. The summed E-state index contributed by atoms with van der Waals surface area (Å²) in [6.45, 7) is 1.08. The molecule has 2 amide bonds. The first-order valence-corrected chi connectivity index (χ1v) is 11.1. The Hall–Kier alpha value is -2.10. The second-order valence-corrected chi connectivity index (χ2v) is 8.70. The number of Topliss-reactive ketones (excluding diaryl/α,β-unsaturated/α-hetero) is 1.